The van der Waals surface area contributed by atoms with Gasteiger partial charge >= 0.3 is 5.97 Å². The summed E-state index contributed by atoms with van der Waals surface area (Å²) in [6.45, 7) is 7.94. The van der Waals surface area contributed by atoms with Gasteiger partial charge in [0.2, 0.25) is 0 Å². The number of esters is 1. The van der Waals surface area contributed by atoms with Crippen LogP contribution in [0.5, 0.6) is 0 Å². The van der Waals surface area contributed by atoms with E-state index in [0.717, 1.165) is 6.61 Å². The van der Waals surface area contributed by atoms with Crippen LogP contribution in [-0.2, 0) is 14.3 Å². The molecule has 2 atom stereocenters. The number of hydrogen-bond donors (Lipinski definition) is 2. The highest BCUT2D eigenvalue weighted by atomic mass is 16.6. The number of ether oxygens (including phenoxy) is 2. The minimum atomic E-state index is -0.437. The number of nitrogens with two attached hydrogens (primary N) is 1. The molecule has 1 rings (SSSR count). The van der Waals surface area contributed by atoms with Gasteiger partial charge in [0.1, 0.15) is 12.6 Å². The molecular weight excluding hydrogens is 327 g/mol. The predicted molar refractivity (Wildman–Crippen MR) is 98.5 cm³/mol. The molecule has 0 saturated carbocycles. The highest BCUT2D eigenvalue weighted by Crippen LogP contribution is 2.04. The Morgan fingerprint density at radius 2 is 1.76 bits per heavy atom. The first-order chi connectivity index (χ1) is 10.7. The zero-order valence-electron chi connectivity index (χ0n) is 17.1. The minimum Gasteiger partial charge on any atom is -0.858 e. The molecule has 1 saturated heterocycles. The van der Waals surface area contributed by atoms with Crippen molar-refractivity contribution >= 4 is 20.3 Å². The zero-order valence-corrected chi connectivity index (χ0v) is 17.1. The number of rotatable bonds is 3. The number of aliphatic hydroxyl groups excluding tert-OH is 1. The van der Waals surface area contributed by atoms with Crippen LogP contribution in [0.2, 0.25) is 0 Å². The molecule has 1 heterocycles. The third kappa shape index (κ3) is 51.8. The SMILES string of the molecule is CC([O-])=N[N+](C)(C)CC(C)O.CC1CO1.CN(C)N.COC(C)=O.[B]. The van der Waals surface area contributed by atoms with Gasteiger partial charge in [-0.05, 0) is 20.8 Å². The number of methoxy groups -OCH3 is 1. The first kappa shape index (κ1) is 31.6. The number of hydrogen-bond acceptors (Lipinski definition) is 8. The Balaban J connectivity index is -0.000000131. The van der Waals surface area contributed by atoms with Gasteiger partial charge in [0.25, 0.3) is 0 Å². The van der Waals surface area contributed by atoms with E-state index in [-0.39, 0.29) is 24.9 Å². The second-order valence-corrected chi connectivity index (χ2v) is 6.07. The standard InChI is InChI=1S/C7H16N2O2.C3H6O2.C3H6O.C2H8N2.B/c1-6(10)5-9(3,4)8-7(2)11;1-3(4)5-2;1-3-2-4-3;1-4(2)3;/h6,10H,5H2,1-4H3;1-2H3;3H,2H2,1H3;3H2,1-2H3;. The van der Waals surface area contributed by atoms with Crippen molar-refractivity contribution in [2.75, 3.05) is 48.5 Å². The molecule has 149 valence electrons. The van der Waals surface area contributed by atoms with Gasteiger partial charge in [-0.15, -0.1) is 5.10 Å². The number of likely N-dealkylation sites (N-methyl/N-ethyl adjacent to an activating group) is 1. The van der Waals surface area contributed by atoms with Gasteiger partial charge in [-0.2, -0.15) is 0 Å². The van der Waals surface area contributed by atoms with Gasteiger partial charge in [0.05, 0.1) is 33.9 Å². The van der Waals surface area contributed by atoms with Crippen LogP contribution in [0.3, 0.4) is 0 Å². The van der Waals surface area contributed by atoms with Gasteiger partial charge in [0, 0.05) is 35.3 Å². The van der Waals surface area contributed by atoms with Gasteiger partial charge in [-0.25, -0.2) is 4.59 Å². The fraction of sp³-hybridized carbons (Fsp3) is 0.867. The highest BCUT2D eigenvalue weighted by Gasteiger charge is 2.16. The Morgan fingerprint density at radius 1 is 1.48 bits per heavy atom. The lowest BCUT2D eigenvalue weighted by Crippen LogP contribution is -2.41. The number of aliphatic hydroxyl groups is 1. The maximum atomic E-state index is 10.6. The van der Waals surface area contributed by atoms with Crippen LogP contribution in [0.1, 0.15) is 27.7 Å². The van der Waals surface area contributed by atoms with Crippen LogP contribution in [0.15, 0.2) is 5.10 Å². The van der Waals surface area contributed by atoms with Crippen molar-refractivity contribution in [2.24, 2.45) is 10.9 Å². The Hall–Kier alpha value is -1.20. The lowest BCUT2D eigenvalue weighted by molar-refractivity contribution is -0.901. The van der Waals surface area contributed by atoms with Crippen molar-refractivity contribution in [3.63, 3.8) is 0 Å². The summed E-state index contributed by atoms with van der Waals surface area (Å²) in [5.74, 6) is 4.49. The summed E-state index contributed by atoms with van der Waals surface area (Å²) in [5.41, 5.74) is 0. The molecule has 9 nitrogen and oxygen atoms in total. The van der Waals surface area contributed by atoms with Crippen molar-refractivity contribution in [1.29, 1.82) is 0 Å². The number of quaternary nitrogens is 1. The molecule has 0 aliphatic carbocycles. The second kappa shape index (κ2) is 17.6. The maximum absolute atomic E-state index is 10.6. The first-order valence-corrected chi connectivity index (χ1v) is 7.56. The number of epoxide rings is 1. The Labute approximate surface area is 154 Å². The summed E-state index contributed by atoms with van der Waals surface area (Å²) in [7, 11) is 8.45. The molecule has 3 N–H and O–H groups in total. The van der Waals surface area contributed by atoms with E-state index in [4.69, 9.17) is 15.7 Å². The normalized spacial score (nSPS) is 16.5. The summed E-state index contributed by atoms with van der Waals surface area (Å²) in [6, 6.07) is 0. The van der Waals surface area contributed by atoms with Gasteiger partial charge < -0.3 is 19.7 Å². The van der Waals surface area contributed by atoms with Gasteiger partial charge in [-0.1, -0.05) is 0 Å². The second-order valence-electron chi connectivity index (χ2n) is 6.07. The molecule has 0 bridgehead atoms. The fourth-order valence-electron chi connectivity index (χ4n) is 1.16. The molecule has 3 radical (unpaired) electrons. The van der Waals surface area contributed by atoms with E-state index in [1.54, 1.807) is 35.1 Å². The first-order valence-electron chi connectivity index (χ1n) is 7.56. The Morgan fingerprint density at radius 3 is 1.88 bits per heavy atom. The van der Waals surface area contributed by atoms with Crippen LogP contribution in [-0.4, -0.2) is 95.6 Å². The zero-order chi connectivity index (χ0) is 19.9. The van der Waals surface area contributed by atoms with E-state index in [2.05, 4.69) is 16.8 Å². The van der Waals surface area contributed by atoms with Crippen molar-refractivity contribution < 1.29 is 29.1 Å². The summed E-state index contributed by atoms with van der Waals surface area (Å²) < 4.78 is 9.01. The smallest absolute Gasteiger partial charge is 0.302 e. The lowest BCUT2D eigenvalue weighted by Gasteiger charge is -2.25. The molecule has 1 aliphatic rings. The van der Waals surface area contributed by atoms with Crippen LogP contribution < -0.4 is 10.9 Å². The summed E-state index contributed by atoms with van der Waals surface area (Å²) in [5, 5.41) is 24.9. The van der Waals surface area contributed by atoms with E-state index in [1.807, 2.05) is 0 Å². The van der Waals surface area contributed by atoms with Crippen molar-refractivity contribution in [1.82, 2.24) is 5.01 Å². The molecule has 2 unspecified atom stereocenters. The number of nitrogens with zero attached hydrogens (tertiary/aromatic N) is 3. The van der Waals surface area contributed by atoms with Crippen LogP contribution in [0, 0.1) is 0 Å². The molecule has 0 spiro atoms. The molecule has 0 amide bonds. The van der Waals surface area contributed by atoms with Gasteiger partial charge in [-0.3, -0.25) is 15.6 Å². The molecule has 10 heteroatoms. The molecule has 1 aliphatic heterocycles. The molecule has 0 aromatic rings. The summed E-state index contributed by atoms with van der Waals surface area (Å²) >= 11 is 0. The van der Waals surface area contributed by atoms with Crippen LogP contribution >= 0.6 is 0 Å². The third-order valence-corrected chi connectivity index (χ3v) is 1.91. The number of carbonyl (C=O) groups excluding carboxylic acids is 1. The van der Waals surface area contributed by atoms with E-state index < -0.39 is 6.10 Å². The van der Waals surface area contributed by atoms with Crippen molar-refractivity contribution in [2.45, 2.75) is 39.9 Å². The average Bonchev–Trinajstić information content (AvgIpc) is 3.08. The molecular formula is C15H36BN4O5. The van der Waals surface area contributed by atoms with Gasteiger partial charge in [0.15, 0.2) is 0 Å². The van der Waals surface area contributed by atoms with E-state index in [0.29, 0.717) is 12.6 Å². The lowest BCUT2D eigenvalue weighted by atomic mass is 10.4. The predicted octanol–water partition coefficient (Wildman–Crippen LogP) is -1.24. The Bertz CT molecular complexity index is 342. The summed E-state index contributed by atoms with van der Waals surface area (Å²) in [6.07, 6.45) is 0.146. The molecule has 0 aromatic heterocycles. The topological polar surface area (TPSA) is 124 Å². The van der Waals surface area contributed by atoms with Crippen molar-refractivity contribution in [3.05, 3.63) is 0 Å². The third-order valence-electron chi connectivity index (χ3n) is 1.91. The summed E-state index contributed by atoms with van der Waals surface area (Å²) in [4.78, 5) is 9.59. The molecule has 0 aromatic carbocycles. The van der Waals surface area contributed by atoms with Crippen LogP contribution in [0.4, 0.5) is 0 Å². The number of hydrazine groups is 1. The monoisotopic (exact) mass is 363 g/mol. The minimum absolute atomic E-state index is 0. The quantitative estimate of drug-likeness (QED) is 0.0940. The van der Waals surface area contributed by atoms with E-state index in [1.165, 1.54) is 26.0 Å². The highest BCUT2D eigenvalue weighted by molar-refractivity contribution is 5.75. The largest absolute Gasteiger partial charge is 0.858 e. The molecule has 1 fully saturated rings. The van der Waals surface area contributed by atoms with E-state index >= 15 is 0 Å². The maximum Gasteiger partial charge on any atom is 0.302 e. The Kier molecular flexibility index (Phi) is 22.2. The van der Waals surface area contributed by atoms with E-state index in [9.17, 15) is 9.90 Å². The fourth-order valence-corrected chi connectivity index (χ4v) is 1.16. The van der Waals surface area contributed by atoms with Crippen molar-refractivity contribution in [3.8, 4) is 0 Å². The number of carbonyl (C=O) groups is 1. The van der Waals surface area contributed by atoms with Crippen LogP contribution in [0.25, 0.3) is 0 Å². The average molecular weight is 363 g/mol. The molecule has 25 heavy (non-hydrogen) atoms.